The zero-order valence-electron chi connectivity index (χ0n) is 17.0. The fourth-order valence-corrected chi connectivity index (χ4v) is 5.46. The van der Waals surface area contributed by atoms with Crippen molar-refractivity contribution in [3.05, 3.63) is 46.2 Å². The van der Waals surface area contributed by atoms with E-state index in [2.05, 4.69) is 20.1 Å². The minimum Gasteiger partial charge on any atom is -0.318 e. The van der Waals surface area contributed by atoms with Crippen LogP contribution in [0.15, 0.2) is 30.5 Å². The molecule has 1 saturated carbocycles. The number of carbonyl (C=O) groups excluding carboxylic acids is 1. The van der Waals surface area contributed by atoms with Crippen LogP contribution in [0.2, 0.25) is 4.34 Å². The number of thiazole rings is 1. The molecule has 1 aromatic heterocycles. The van der Waals surface area contributed by atoms with Crippen molar-refractivity contribution in [2.45, 2.75) is 63.6 Å². The Labute approximate surface area is 186 Å². The van der Waals surface area contributed by atoms with Gasteiger partial charge in [0.2, 0.25) is 0 Å². The molecule has 0 spiro atoms. The molecular formula is C22H28ClFN4OS. The molecule has 2 heterocycles. The summed E-state index contributed by atoms with van der Waals surface area (Å²) >= 11 is 7.27. The molecule has 162 valence electrons. The molecule has 4 rings (SSSR count). The van der Waals surface area contributed by atoms with Crippen LogP contribution in [0.3, 0.4) is 0 Å². The summed E-state index contributed by atoms with van der Waals surface area (Å²) in [4.78, 5) is 21.9. The standard InChI is InChI=1S/C22H28ClFN4OS/c23-20-14-25-21(30-20)26-22(29)28(18-4-2-1-3-5-18)19-10-12-27(13-11-19)15-16-6-8-17(24)9-7-16/h6-9,14,18-19H,1-5,10-13,15H2,(H,25,26,29). The molecule has 2 fully saturated rings. The van der Waals surface area contributed by atoms with E-state index in [4.69, 9.17) is 11.6 Å². The smallest absolute Gasteiger partial charge is 0.318 e. The van der Waals surface area contributed by atoms with Crippen LogP contribution in [0.1, 0.15) is 50.5 Å². The van der Waals surface area contributed by atoms with Gasteiger partial charge in [-0.25, -0.2) is 14.2 Å². The molecule has 1 N–H and O–H groups in total. The fraction of sp³-hybridized carbons (Fsp3) is 0.545. The Bertz CT molecular complexity index is 832. The second-order valence-corrected chi connectivity index (χ2v) is 9.89. The van der Waals surface area contributed by atoms with Gasteiger partial charge in [0.1, 0.15) is 10.2 Å². The molecule has 1 saturated heterocycles. The van der Waals surface area contributed by atoms with Crippen molar-refractivity contribution in [2.75, 3.05) is 18.4 Å². The number of piperidine rings is 1. The van der Waals surface area contributed by atoms with E-state index in [-0.39, 0.29) is 17.9 Å². The van der Waals surface area contributed by atoms with Crippen molar-refractivity contribution in [3.63, 3.8) is 0 Å². The van der Waals surface area contributed by atoms with Crippen molar-refractivity contribution >= 4 is 34.1 Å². The number of aromatic nitrogens is 1. The molecule has 30 heavy (non-hydrogen) atoms. The molecular weight excluding hydrogens is 423 g/mol. The Kier molecular flexibility index (Phi) is 7.23. The van der Waals surface area contributed by atoms with E-state index < -0.39 is 0 Å². The number of halogens is 2. The Morgan fingerprint density at radius 1 is 1.13 bits per heavy atom. The average Bonchev–Trinajstić information content (AvgIpc) is 3.16. The molecule has 0 atom stereocenters. The lowest BCUT2D eigenvalue weighted by atomic mass is 9.91. The molecule has 2 aliphatic rings. The quantitative estimate of drug-likeness (QED) is 0.629. The summed E-state index contributed by atoms with van der Waals surface area (Å²) in [5, 5.41) is 3.53. The first-order valence-corrected chi connectivity index (χ1v) is 12.0. The molecule has 1 aliphatic heterocycles. The van der Waals surface area contributed by atoms with Crippen molar-refractivity contribution in [2.24, 2.45) is 0 Å². The van der Waals surface area contributed by atoms with Crippen molar-refractivity contribution in [3.8, 4) is 0 Å². The van der Waals surface area contributed by atoms with E-state index >= 15 is 0 Å². The number of benzene rings is 1. The van der Waals surface area contributed by atoms with Gasteiger partial charge in [-0.1, -0.05) is 54.3 Å². The Balaban J connectivity index is 1.39. The number of hydrogen-bond donors (Lipinski definition) is 1. The topological polar surface area (TPSA) is 48.5 Å². The number of urea groups is 1. The summed E-state index contributed by atoms with van der Waals surface area (Å²) in [6.07, 6.45) is 9.23. The minimum absolute atomic E-state index is 0.0510. The first kappa shape index (κ1) is 21.5. The second kappa shape index (κ2) is 10.1. The highest BCUT2D eigenvalue weighted by Gasteiger charge is 2.34. The van der Waals surface area contributed by atoms with Gasteiger partial charge in [-0.15, -0.1) is 0 Å². The van der Waals surface area contributed by atoms with E-state index in [0.717, 1.165) is 50.9 Å². The van der Waals surface area contributed by atoms with Crippen LogP contribution in [-0.2, 0) is 6.54 Å². The predicted octanol–water partition coefficient (Wildman–Crippen LogP) is 5.77. The number of anilines is 1. The van der Waals surface area contributed by atoms with Gasteiger partial charge in [-0.2, -0.15) is 0 Å². The van der Waals surface area contributed by atoms with Crippen molar-refractivity contribution in [1.29, 1.82) is 0 Å². The normalized spacial score (nSPS) is 19.0. The summed E-state index contributed by atoms with van der Waals surface area (Å²) in [6, 6.07) is 7.20. The van der Waals surface area contributed by atoms with E-state index in [1.807, 2.05) is 12.1 Å². The summed E-state index contributed by atoms with van der Waals surface area (Å²) < 4.78 is 13.7. The van der Waals surface area contributed by atoms with Crippen LogP contribution in [0.25, 0.3) is 0 Å². The van der Waals surface area contributed by atoms with Crippen LogP contribution in [-0.4, -0.2) is 46.0 Å². The SMILES string of the molecule is O=C(Nc1ncc(Cl)s1)N(C1CCCCC1)C1CCN(Cc2ccc(F)cc2)CC1. The van der Waals surface area contributed by atoms with Crippen LogP contribution in [0.5, 0.6) is 0 Å². The lowest BCUT2D eigenvalue weighted by molar-refractivity contribution is 0.0852. The number of carbonyl (C=O) groups is 1. The lowest BCUT2D eigenvalue weighted by Gasteiger charge is -2.43. The minimum atomic E-state index is -0.201. The molecule has 8 heteroatoms. The number of nitrogens with one attached hydrogen (secondary N) is 1. The molecule has 0 bridgehead atoms. The van der Waals surface area contributed by atoms with Gasteiger partial charge in [-0.05, 0) is 43.4 Å². The Morgan fingerprint density at radius 2 is 1.80 bits per heavy atom. The van der Waals surface area contributed by atoms with E-state index in [1.165, 1.54) is 42.7 Å². The third-order valence-corrected chi connectivity index (χ3v) is 7.19. The maximum Gasteiger partial charge on any atom is 0.324 e. The van der Waals surface area contributed by atoms with Gasteiger partial charge in [-0.3, -0.25) is 10.2 Å². The third kappa shape index (κ3) is 5.50. The maximum atomic E-state index is 13.2. The zero-order chi connectivity index (χ0) is 20.9. The molecule has 1 aromatic carbocycles. The third-order valence-electron chi connectivity index (χ3n) is 6.16. The number of hydrogen-bond acceptors (Lipinski definition) is 4. The van der Waals surface area contributed by atoms with Crippen molar-refractivity contribution in [1.82, 2.24) is 14.8 Å². The molecule has 0 radical (unpaired) electrons. The summed E-state index contributed by atoms with van der Waals surface area (Å²) in [5.74, 6) is -0.201. The average molecular weight is 451 g/mol. The Hall–Kier alpha value is -1.70. The van der Waals surface area contributed by atoms with Gasteiger partial charge >= 0.3 is 6.03 Å². The van der Waals surface area contributed by atoms with Gasteiger partial charge in [0.15, 0.2) is 5.13 Å². The van der Waals surface area contributed by atoms with E-state index in [0.29, 0.717) is 15.5 Å². The second-order valence-electron chi connectivity index (χ2n) is 8.23. The highest BCUT2D eigenvalue weighted by Crippen LogP contribution is 2.30. The van der Waals surface area contributed by atoms with Crippen LogP contribution in [0.4, 0.5) is 14.3 Å². The highest BCUT2D eigenvalue weighted by atomic mass is 35.5. The number of rotatable bonds is 5. The molecule has 2 amide bonds. The first-order chi connectivity index (χ1) is 14.6. The molecule has 5 nitrogen and oxygen atoms in total. The zero-order valence-corrected chi connectivity index (χ0v) is 18.6. The highest BCUT2D eigenvalue weighted by molar-refractivity contribution is 7.19. The van der Waals surface area contributed by atoms with Crippen LogP contribution < -0.4 is 5.32 Å². The fourth-order valence-electron chi connectivity index (χ4n) is 4.66. The molecule has 0 unspecified atom stereocenters. The summed E-state index contributed by atoms with van der Waals surface area (Å²) in [5.41, 5.74) is 1.12. The van der Waals surface area contributed by atoms with Gasteiger partial charge in [0.05, 0.1) is 6.20 Å². The van der Waals surface area contributed by atoms with E-state index in [1.54, 1.807) is 6.20 Å². The maximum absolute atomic E-state index is 13.2. The van der Waals surface area contributed by atoms with Gasteiger partial charge < -0.3 is 4.90 Å². The van der Waals surface area contributed by atoms with Crippen LogP contribution in [0, 0.1) is 5.82 Å². The van der Waals surface area contributed by atoms with Gasteiger partial charge in [0, 0.05) is 31.7 Å². The monoisotopic (exact) mass is 450 g/mol. The largest absolute Gasteiger partial charge is 0.324 e. The first-order valence-electron chi connectivity index (χ1n) is 10.8. The Morgan fingerprint density at radius 3 is 2.43 bits per heavy atom. The lowest BCUT2D eigenvalue weighted by Crippen LogP contribution is -2.53. The molecule has 2 aromatic rings. The number of nitrogens with zero attached hydrogens (tertiary/aromatic N) is 3. The van der Waals surface area contributed by atoms with Gasteiger partial charge in [0.25, 0.3) is 0 Å². The van der Waals surface area contributed by atoms with Crippen molar-refractivity contribution < 1.29 is 9.18 Å². The summed E-state index contributed by atoms with van der Waals surface area (Å²) in [7, 11) is 0. The van der Waals surface area contributed by atoms with Crippen LogP contribution >= 0.6 is 22.9 Å². The number of amides is 2. The summed E-state index contributed by atoms with van der Waals surface area (Å²) in [6.45, 7) is 2.68. The predicted molar refractivity (Wildman–Crippen MR) is 120 cm³/mol. The number of likely N-dealkylation sites (tertiary alicyclic amines) is 1. The van der Waals surface area contributed by atoms with E-state index in [9.17, 15) is 9.18 Å². The molecule has 1 aliphatic carbocycles.